The van der Waals surface area contributed by atoms with E-state index in [2.05, 4.69) is 0 Å². The van der Waals surface area contributed by atoms with Crippen LogP contribution < -0.4 is 4.74 Å². The van der Waals surface area contributed by atoms with Crippen molar-refractivity contribution in [2.75, 3.05) is 13.4 Å². The molecule has 0 radical (unpaired) electrons. The lowest BCUT2D eigenvalue weighted by Gasteiger charge is -2.06. The van der Waals surface area contributed by atoms with E-state index in [1.54, 1.807) is 0 Å². The quantitative estimate of drug-likeness (QED) is 0.814. The number of sulfone groups is 1. The van der Waals surface area contributed by atoms with E-state index in [4.69, 9.17) is 4.74 Å². The number of carbonyl (C=O) groups excluding carboxylic acids is 1. The summed E-state index contributed by atoms with van der Waals surface area (Å²) in [7, 11) is -1.93. The van der Waals surface area contributed by atoms with Gasteiger partial charge in [-0.2, -0.15) is 0 Å². The zero-order valence-corrected chi connectivity index (χ0v) is 12.3. The SMILES string of the molecule is COc1ccc(C(=O)c2ccc(S(C)(=O)=O)cc2)c(F)c1. The molecule has 0 saturated carbocycles. The molecule has 4 nitrogen and oxygen atoms in total. The van der Waals surface area contributed by atoms with Crippen LogP contribution in [0.1, 0.15) is 15.9 Å². The molecule has 0 fully saturated rings. The smallest absolute Gasteiger partial charge is 0.195 e. The first kappa shape index (κ1) is 15.2. The zero-order valence-electron chi connectivity index (χ0n) is 11.5. The first-order valence-corrected chi connectivity index (χ1v) is 7.90. The van der Waals surface area contributed by atoms with Gasteiger partial charge in [-0.05, 0) is 36.4 Å². The van der Waals surface area contributed by atoms with Gasteiger partial charge in [0.2, 0.25) is 0 Å². The number of ketones is 1. The Kier molecular flexibility index (Phi) is 4.09. The summed E-state index contributed by atoms with van der Waals surface area (Å²) in [4.78, 5) is 12.3. The molecule has 2 rings (SSSR count). The number of hydrogen-bond donors (Lipinski definition) is 0. The Labute approximate surface area is 122 Å². The fourth-order valence-corrected chi connectivity index (χ4v) is 2.45. The van der Waals surface area contributed by atoms with E-state index in [1.165, 1.54) is 43.5 Å². The molecule has 0 spiro atoms. The van der Waals surface area contributed by atoms with Crippen molar-refractivity contribution in [2.45, 2.75) is 4.90 Å². The monoisotopic (exact) mass is 308 g/mol. The van der Waals surface area contributed by atoms with Gasteiger partial charge in [-0.25, -0.2) is 12.8 Å². The second-order valence-corrected chi connectivity index (χ2v) is 6.49. The van der Waals surface area contributed by atoms with Crippen molar-refractivity contribution in [3.8, 4) is 5.75 Å². The predicted molar refractivity (Wildman–Crippen MR) is 75.9 cm³/mol. The van der Waals surface area contributed by atoms with E-state index in [1.807, 2.05) is 0 Å². The molecular formula is C15H13FO4S. The van der Waals surface area contributed by atoms with Gasteiger partial charge in [0.25, 0.3) is 0 Å². The van der Waals surface area contributed by atoms with Gasteiger partial charge in [0.05, 0.1) is 17.6 Å². The van der Waals surface area contributed by atoms with Gasteiger partial charge in [0.1, 0.15) is 11.6 Å². The van der Waals surface area contributed by atoms with Gasteiger partial charge in [-0.1, -0.05) is 0 Å². The van der Waals surface area contributed by atoms with Crippen molar-refractivity contribution in [2.24, 2.45) is 0 Å². The second kappa shape index (κ2) is 5.65. The van der Waals surface area contributed by atoms with Crippen LogP contribution in [0.15, 0.2) is 47.4 Å². The lowest BCUT2D eigenvalue weighted by Crippen LogP contribution is -2.05. The Morgan fingerprint density at radius 1 is 1.10 bits per heavy atom. The first-order valence-electron chi connectivity index (χ1n) is 6.01. The molecule has 2 aromatic rings. The van der Waals surface area contributed by atoms with Crippen molar-refractivity contribution in [3.63, 3.8) is 0 Å². The molecule has 0 bridgehead atoms. The maximum atomic E-state index is 13.8. The summed E-state index contributed by atoms with van der Waals surface area (Å²) in [5, 5.41) is 0. The van der Waals surface area contributed by atoms with Gasteiger partial charge in [-0.15, -0.1) is 0 Å². The van der Waals surface area contributed by atoms with Crippen LogP contribution in [-0.4, -0.2) is 27.6 Å². The highest BCUT2D eigenvalue weighted by molar-refractivity contribution is 7.90. The van der Waals surface area contributed by atoms with Crippen LogP contribution in [0.3, 0.4) is 0 Å². The third kappa shape index (κ3) is 3.28. The maximum Gasteiger partial charge on any atom is 0.195 e. The van der Waals surface area contributed by atoms with E-state index < -0.39 is 21.4 Å². The van der Waals surface area contributed by atoms with Gasteiger partial charge in [0, 0.05) is 17.9 Å². The number of carbonyl (C=O) groups is 1. The lowest BCUT2D eigenvalue weighted by molar-refractivity contribution is 0.103. The van der Waals surface area contributed by atoms with E-state index in [0.717, 1.165) is 12.3 Å². The largest absolute Gasteiger partial charge is 0.497 e. The van der Waals surface area contributed by atoms with Crippen LogP contribution in [0.5, 0.6) is 5.75 Å². The van der Waals surface area contributed by atoms with Crippen molar-refractivity contribution < 1.29 is 22.3 Å². The number of hydrogen-bond acceptors (Lipinski definition) is 4. The summed E-state index contributed by atoms with van der Waals surface area (Å²) in [6, 6.07) is 9.32. The Balaban J connectivity index is 2.36. The Bertz CT molecular complexity index is 780. The number of methoxy groups -OCH3 is 1. The summed E-state index contributed by atoms with van der Waals surface area (Å²) < 4.78 is 41.4. The molecule has 0 aromatic heterocycles. The number of rotatable bonds is 4. The molecule has 2 aromatic carbocycles. The van der Waals surface area contributed by atoms with Crippen LogP contribution in [0.25, 0.3) is 0 Å². The predicted octanol–water partition coefficient (Wildman–Crippen LogP) is 2.47. The molecule has 0 aliphatic heterocycles. The van der Waals surface area contributed by atoms with Crippen LogP contribution in [0, 0.1) is 5.82 Å². The van der Waals surface area contributed by atoms with Crippen molar-refractivity contribution >= 4 is 15.6 Å². The molecule has 0 N–H and O–H groups in total. The number of benzene rings is 2. The minimum Gasteiger partial charge on any atom is -0.497 e. The highest BCUT2D eigenvalue weighted by Crippen LogP contribution is 2.20. The zero-order chi connectivity index (χ0) is 15.6. The highest BCUT2D eigenvalue weighted by Gasteiger charge is 2.15. The molecule has 0 amide bonds. The molecule has 0 atom stereocenters. The number of halogens is 1. The fraction of sp³-hybridized carbons (Fsp3) is 0.133. The average Bonchev–Trinajstić information content (AvgIpc) is 2.45. The topological polar surface area (TPSA) is 60.4 Å². The van der Waals surface area contributed by atoms with E-state index >= 15 is 0 Å². The normalized spacial score (nSPS) is 11.2. The molecule has 6 heteroatoms. The molecule has 0 saturated heterocycles. The van der Waals surface area contributed by atoms with Crippen LogP contribution in [0.2, 0.25) is 0 Å². The Morgan fingerprint density at radius 3 is 2.19 bits per heavy atom. The van der Waals surface area contributed by atoms with Gasteiger partial charge < -0.3 is 4.74 Å². The molecule has 0 unspecified atom stereocenters. The maximum absolute atomic E-state index is 13.8. The van der Waals surface area contributed by atoms with Crippen molar-refractivity contribution in [1.29, 1.82) is 0 Å². The molecule has 110 valence electrons. The van der Waals surface area contributed by atoms with E-state index in [-0.39, 0.29) is 16.0 Å². The Hall–Kier alpha value is -2.21. The van der Waals surface area contributed by atoms with Gasteiger partial charge >= 0.3 is 0 Å². The average molecular weight is 308 g/mol. The van der Waals surface area contributed by atoms with Crippen LogP contribution >= 0.6 is 0 Å². The number of ether oxygens (including phenoxy) is 1. The fourth-order valence-electron chi connectivity index (χ4n) is 1.82. The summed E-state index contributed by atoms with van der Waals surface area (Å²) in [6.45, 7) is 0. The standard InChI is InChI=1S/C15H13FO4S/c1-20-11-5-8-13(14(16)9-11)15(17)10-3-6-12(7-4-10)21(2,18)19/h3-9H,1-2H3. The van der Waals surface area contributed by atoms with E-state index in [9.17, 15) is 17.6 Å². The minimum atomic E-state index is -3.33. The summed E-state index contributed by atoms with van der Waals surface area (Å²) in [5.74, 6) is -0.891. The van der Waals surface area contributed by atoms with Crippen LogP contribution in [-0.2, 0) is 9.84 Å². The van der Waals surface area contributed by atoms with Crippen molar-refractivity contribution in [3.05, 3.63) is 59.4 Å². The molecule has 0 heterocycles. The van der Waals surface area contributed by atoms with Crippen molar-refractivity contribution in [1.82, 2.24) is 0 Å². The second-order valence-electron chi connectivity index (χ2n) is 4.47. The molecule has 0 aliphatic carbocycles. The molecule has 0 aliphatic rings. The summed E-state index contributed by atoms with van der Waals surface area (Å²) >= 11 is 0. The van der Waals surface area contributed by atoms with Gasteiger partial charge in [0.15, 0.2) is 15.6 Å². The summed E-state index contributed by atoms with van der Waals surface area (Å²) in [6.07, 6.45) is 1.08. The first-order chi connectivity index (χ1) is 9.82. The molecule has 21 heavy (non-hydrogen) atoms. The van der Waals surface area contributed by atoms with E-state index in [0.29, 0.717) is 5.75 Å². The lowest BCUT2D eigenvalue weighted by atomic mass is 10.0. The third-order valence-electron chi connectivity index (χ3n) is 2.97. The minimum absolute atomic E-state index is 0.0945. The Morgan fingerprint density at radius 2 is 1.71 bits per heavy atom. The highest BCUT2D eigenvalue weighted by atomic mass is 32.2. The summed E-state index contributed by atoms with van der Waals surface area (Å²) in [5.41, 5.74) is 0.120. The van der Waals surface area contributed by atoms with Crippen LogP contribution in [0.4, 0.5) is 4.39 Å². The molecular weight excluding hydrogens is 295 g/mol. The van der Waals surface area contributed by atoms with Gasteiger partial charge in [-0.3, -0.25) is 4.79 Å². The third-order valence-corrected chi connectivity index (χ3v) is 4.09.